The number of fused-ring (bicyclic) bond motifs is 1. The molecule has 0 aliphatic rings. The summed E-state index contributed by atoms with van der Waals surface area (Å²) in [6.07, 6.45) is 1.79. The molecule has 0 bridgehead atoms. The van der Waals surface area contributed by atoms with Crippen molar-refractivity contribution in [3.05, 3.63) is 54.7 Å². The van der Waals surface area contributed by atoms with E-state index < -0.39 is 0 Å². The second kappa shape index (κ2) is 5.71. The summed E-state index contributed by atoms with van der Waals surface area (Å²) in [7, 11) is 0. The largest absolute Gasteiger partial charge is 0.494 e. The van der Waals surface area contributed by atoms with E-state index in [4.69, 9.17) is 10.5 Å². The highest BCUT2D eigenvalue weighted by Crippen LogP contribution is 2.28. The Morgan fingerprint density at radius 2 is 2.05 bits per heavy atom. The molecule has 4 heteroatoms. The Balaban J connectivity index is 2.02. The van der Waals surface area contributed by atoms with Crippen LogP contribution in [0, 0.1) is 0 Å². The average molecular weight is 279 g/mol. The first-order chi connectivity index (χ1) is 10.3. The molecule has 0 aliphatic carbocycles. The second-order valence-electron chi connectivity index (χ2n) is 4.72. The molecule has 0 aliphatic heterocycles. The fourth-order valence-electron chi connectivity index (χ4n) is 2.26. The van der Waals surface area contributed by atoms with Crippen molar-refractivity contribution in [1.82, 2.24) is 4.98 Å². The Kier molecular flexibility index (Phi) is 3.60. The van der Waals surface area contributed by atoms with E-state index in [2.05, 4.69) is 10.3 Å². The van der Waals surface area contributed by atoms with E-state index in [-0.39, 0.29) is 0 Å². The monoisotopic (exact) mass is 279 g/mol. The van der Waals surface area contributed by atoms with E-state index in [0.29, 0.717) is 6.61 Å². The second-order valence-corrected chi connectivity index (χ2v) is 4.72. The summed E-state index contributed by atoms with van der Waals surface area (Å²) in [6, 6.07) is 15.5. The number of nitrogens with one attached hydrogen (secondary N) is 1. The standard InChI is InChI=1S/C17H17N3O/c1-2-21-14-6-7-16-15(11-14)17(8-9-19-16)20-13-5-3-4-12(18)10-13/h3-11H,2,18H2,1H3,(H,19,20). The van der Waals surface area contributed by atoms with Gasteiger partial charge in [-0.15, -0.1) is 0 Å². The zero-order chi connectivity index (χ0) is 14.7. The van der Waals surface area contributed by atoms with Gasteiger partial charge in [-0.2, -0.15) is 0 Å². The van der Waals surface area contributed by atoms with Crippen LogP contribution >= 0.6 is 0 Å². The SMILES string of the molecule is CCOc1ccc2nccc(Nc3cccc(N)c3)c2c1. The molecule has 0 fully saturated rings. The molecule has 3 aromatic rings. The summed E-state index contributed by atoms with van der Waals surface area (Å²) in [5.74, 6) is 0.841. The molecule has 0 spiro atoms. The summed E-state index contributed by atoms with van der Waals surface area (Å²) in [6.45, 7) is 2.61. The Bertz CT molecular complexity index is 771. The molecule has 21 heavy (non-hydrogen) atoms. The maximum absolute atomic E-state index is 5.82. The first kappa shape index (κ1) is 13.2. The minimum atomic E-state index is 0.643. The lowest BCUT2D eigenvalue weighted by Crippen LogP contribution is -1.95. The topological polar surface area (TPSA) is 60.2 Å². The van der Waals surface area contributed by atoms with Gasteiger partial charge in [0.1, 0.15) is 5.75 Å². The van der Waals surface area contributed by atoms with Crippen LogP contribution in [0.15, 0.2) is 54.7 Å². The van der Waals surface area contributed by atoms with E-state index >= 15 is 0 Å². The molecule has 0 radical (unpaired) electrons. The van der Waals surface area contributed by atoms with Crippen LogP contribution in [0.1, 0.15) is 6.92 Å². The molecule has 0 saturated heterocycles. The lowest BCUT2D eigenvalue weighted by Gasteiger charge is -2.11. The normalized spacial score (nSPS) is 10.5. The molecular weight excluding hydrogens is 262 g/mol. The number of rotatable bonds is 4. The van der Waals surface area contributed by atoms with Crippen LogP contribution in [0.4, 0.5) is 17.1 Å². The fourth-order valence-corrected chi connectivity index (χ4v) is 2.26. The van der Waals surface area contributed by atoms with Crippen molar-refractivity contribution in [2.75, 3.05) is 17.7 Å². The van der Waals surface area contributed by atoms with Gasteiger partial charge in [-0.3, -0.25) is 4.98 Å². The smallest absolute Gasteiger partial charge is 0.120 e. The van der Waals surface area contributed by atoms with Gasteiger partial charge in [0.05, 0.1) is 12.1 Å². The number of nitrogens with two attached hydrogens (primary N) is 1. The summed E-state index contributed by atoms with van der Waals surface area (Å²) >= 11 is 0. The minimum absolute atomic E-state index is 0.643. The molecule has 0 amide bonds. The van der Waals surface area contributed by atoms with Crippen LogP contribution in [-0.2, 0) is 0 Å². The van der Waals surface area contributed by atoms with Gasteiger partial charge >= 0.3 is 0 Å². The van der Waals surface area contributed by atoms with Crippen LogP contribution in [-0.4, -0.2) is 11.6 Å². The third kappa shape index (κ3) is 2.89. The van der Waals surface area contributed by atoms with Gasteiger partial charge in [-0.05, 0) is 49.4 Å². The lowest BCUT2D eigenvalue weighted by molar-refractivity contribution is 0.340. The van der Waals surface area contributed by atoms with Crippen LogP contribution in [0.3, 0.4) is 0 Å². The molecule has 3 N–H and O–H groups in total. The molecule has 106 valence electrons. The van der Waals surface area contributed by atoms with Crippen molar-refractivity contribution >= 4 is 28.0 Å². The van der Waals surface area contributed by atoms with Gasteiger partial charge in [0.25, 0.3) is 0 Å². The quantitative estimate of drug-likeness (QED) is 0.710. The Morgan fingerprint density at radius 1 is 1.14 bits per heavy atom. The third-order valence-electron chi connectivity index (χ3n) is 3.19. The summed E-state index contributed by atoms with van der Waals surface area (Å²) in [5.41, 5.74) is 9.40. The number of ether oxygens (including phenoxy) is 1. The highest BCUT2D eigenvalue weighted by atomic mass is 16.5. The zero-order valence-electron chi connectivity index (χ0n) is 11.8. The van der Waals surface area contributed by atoms with Crippen LogP contribution in [0.25, 0.3) is 10.9 Å². The fraction of sp³-hybridized carbons (Fsp3) is 0.118. The maximum atomic E-state index is 5.82. The first-order valence-corrected chi connectivity index (χ1v) is 6.90. The highest BCUT2D eigenvalue weighted by molar-refractivity contribution is 5.93. The summed E-state index contributed by atoms with van der Waals surface area (Å²) in [4.78, 5) is 4.38. The van der Waals surface area contributed by atoms with Crippen LogP contribution in [0.2, 0.25) is 0 Å². The van der Waals surface area contributed by atoms with E-state index in [1.54, 1.807) is 6.20 Å². The van der Waals surface area contributed by atoms with Crippen molar-refractivity contribution < 1.29 is 4.74 Å². The molecule has 1 heterocycles. The molecule has 2 aromatic carbocycles. The van der Waals surface area contributed by atoms with Gasteiger partial charge < -0.3 is 15.8 Å². The summed E-state index contributed by atoms with van der Waals surface area (Å²) < 4.78 is 5.56. The number of nitrogen functional groups attached to an aromatic ring is 1. The van der Waals surface area contributed by atoms with Gasteiger partial charge in [0, 0.05) is 28.6 Å². The number of nitrogens with zero attached hydrogens (tertiary/aromatic N) is 1. The Morgan fingerprint density at radius 3 is 2.86 bits per heavy atom. The number of hydrogen-bond acceptors (Lipinski definition) is 4. The summed E-state index contributed by atoms with van der Waals surface area (Å²) in [5, 5.41) is 4.40. The lowest BCUT2D eigenvalue weighted by atomic mass is 10.1. The first-order valence-electron chi connectivity index (χ1n) is 6.90. The Labute approximate surface area is 123 Å². The molecule has 3 rings (SSSR count). The van der Waals surface area contributed by atoms with E-state index in [1.807, 2.05) is 55.5 Å². The van der Waals surface area contributed by atoms with Crippen LogP contribution < -0.4 is 15.8 Å². The maximum Gasteiger partial charge on any atom is 0.120 e. The van der Waals surface area contributed by atoms with Crippen molar-refractivity contribution in [3.63, 3.8) is 0 Å². The zero-order valence-corrected chi connectivity index (χ0v) is 11.8. The van der Waals surface area contributed by atoms with E-state index in [9.17, 15) is 0 Å². The van der Waals surface area contributed by atoms with E-state index in [0.717, 1.165) is 33.7 Å². The average Bonchev–Trinajstić information content (AvgIpc) is 2.48. The van der Waals surface area contributed by atoms with Gasteiger partial charge in [0.2, 0.25) is 0 Å². The number of anilines is 3. The predicted molar refractivity (Wildman–Crippen MR) is 87.0 cm³/mol. The third-order valence-corrected chi connectivity index (χ3v) is 3.19. The highest BCUT2D eigenvalue weighted by Gasteiger charge is 2.04. The van der Waals surface area contributed by atoms with E-state index in [1.165, 1.54) is 0 Å². The number of benzene rings is 2. The molecule has 1 aromatic heterocycles. The van der Waals surface area contributed by atoms with Gasteiger partial charge in [0.15, 0.2) is 0 Å². The van der Waals surface area contributed by atoms with Crippen LogP contribution in [0.5, 0.6) is 5.75 Å². The van der Waals surface area contributed by atoms with Crippen molar-refractivity contribution in [1.29, 1.82) is 0 Å². The minimum Gasteiger partial charge on any atom is -0.494 e. The van der Waals surface area contributed by atoms with Gasteiger partial charge in [-0.1, -0.05) is 6.07 Å². The molecule has 0 saturated carbocycles. The molecule has 0 unspecified atom stereocenters. The molecular formula is C17H17N3O. The number of pyridine rings is 1. The Hall–Kier alpha value is -2.75. The van der Waals surface area contributed by atoms with Gasteiger partial charge in [-0.25, -0.2) is 0 Å². The molecule has 4 nitrogen and oxygen atoms in total. The number of hydrogen-bond donors (Lipinski definition) is 2. The van der Waals surface area contributed by atoms with Crippen molar-refractivity contribution in [3.8, 4) is 5.75 Å². The molecule has 0 atom stereocenters. The predicted octanol–water partition coefficient (Wildman–Crippen LogP) is 3.96. The van der Waals surface area contributed by atoms with Crippen molar-refractivity contribution in [2.24, 2.45) is 0 Å². The number of aromatic nitrogens is 1. The van der Waals surface area contributed by atoms with Crippen molar-refractivity contribution in [2.45, 2.75) is 6.92 Å².